The average molecular weight is 488 g/mol. The number of nitrogens with one attached hydrogen (secondary N) is 1. The molecule has 0 bridgehead atoms. The highest BCUT2D eigenvalue weighted by Crippen LogP contribution is 2.24. The Hall–Kier alpha value is -2.92. The van der Waals surface area contributed by atoms with Gasteiger partial charge in [-0.25, -0.2) is 4.79 Å². The zero-order valence-electron chi connectivity index (χ0n) is 17.6. The van der Waals surface area contributed by atoms with Gasteiger partial charge in [-0.05, 0) is 30.3 Å². The van der Waals surface area contributed by atoms with Crippen molar-refractivity contribution in [2.75, 3.05) is 37.4 Å². The lowest BCUT2D eigenvalue weighted by atomic mass is 10.2. The van der Waals surface area contributed by atoms with Crippen LogP contribution in [0, 0.1) is 0 Å². The number of carbonyl (C=O) groups excluding carboxylic acids is 1. The Kier molecular flexibility index (Phi) is 7.61. The molecule has 1 aliphatic rings. The summed E-state index contributed by atoms with van der Waals surface area (Å²) < 4.78 is 7.38. The van der Waals surface area contributed by atoms with Crippen LogP contribution in [0.4, 0.5) is 5.69 Å². The number of hydrogen-bond donors (Lipinski definition) is 2. The summed E-state index contributed by atoms with van der Waals surface area (Å²) in [6.07, 6.45) is 0. The maximum Gasteiger partial charge on any atom is 0.337 e. The molecule has 172 valence electrons. The molecule has 0 aliphatic carbocycles. The van der Waals surface area contributed by atoms with Crippen LogP contribution >= 0.6 is 23.4 Å². The van der Waals surface area contributed by atoms with Crippen LogP contribution in [0.3, 0.4) is 0 Å². The number of hydrogen-bond acceptors (Lipinski definition) is 7. The molecular formula is C22H22ClN5O4S. The summed E-state index contributed by atoms with van der Waals surface area (Å²) in [5.74, 6) is -0.590. The third-order valence-electron chi connectivity index (χ3n) is 5.00. The average Bonchev–Trinajstić information content (AvgIpc) is 3.22. The van der Waals surface area contributed by atoms with Gasteiger partial charge in [0.05, 0.1) is 36.1 Å². The molecule has 2 aromatic carbocycles. The predicted octanol–water partition coefficient (Wildman–Crippen LogP) is 3.18. The van der Waals surface area contributed by atoms with Crippen LogP contribution in [0.5, 0.6) is 0 Å². The van der Waals surface area contributed by atoms with Gasteiger partial charge in [0.25, 0.3) is 0 Å². The van der Waals surface area contributed by atoms with Gasteiger partial charge in [-0.2, -0.15) is 0 Å². The maximum atomic E-state index is 12.5. The fraction of sp³-hybridized carbons (Fsp3) is 0.273. The van der Waals surface area contributed by atoms with Crippen molar-refractivity contribution in [1.82, 2.24) is 19.7 Å². The minimum absolute atomic E-state index is 0.0707. The number of rotatable bonds is 8. The lowest BCUT2D eigenvalue weighted by Gasteiger charge is -2.26. The molecule has 2 N–H and O–H groups in total. The first-order valence-electron chi connectivity index (χ1n) is 10.3. The van der Waals surface area contributed by atoms with Crippen molar-refractivity contribution in [1.29, 1.82) is 0 Å². The van der Waals surface area contributed by atoms with Gasteiger partial charge < -0.3 is 15.2 Å². The number of ether oxygens (including phenoxy) is 1. The Labute approximate surface area is 199 Å². The quantitative estimate of drug-likeness (QED) is 0.466. The Bertz CT molecular complexity index is 1140. The molecule has 9 nitrogen and oxygen atoms in total. The fourth-order valence-electron chi connectivity index (χ4n) is 3.39. The number of benzene rings is 2. The Morgan fingerprint density at radius 1 is 1.12 bits per heavy atom. The van der Waals surface area contributed by atoms with Crippen LogP contribution in [0.25, 0.3) is 5.69 Å². The zero-order chi connectivity index (χ0) is 23.2. The highest BCUT2D eigenvalue weighted by atomic mass is 35.5. The van der Waals surface area contributed by atoms with Crippen molar-refractivity contribution in [2.45, 2.75) is 11.7 Å². The first-order chi connectivity index (χ1) is 16.0. The molecule has 4 rings (SSSR count). The van der Waals surface area contributed by atoms with Gasteiger partial charge in [-0.15, -0.1) is 10.2 Å². The molecule has 0 unspecified atom stereocenters. The van der Waals surface area contributed by atoms with Crippen molar-refractivity contribution < 1.29 is 19.4 Å². The molecular weight excluding hydrogens is 466 g/mol. The van der Waals surface area contributed by atoms with E-state index in [0.717, 1.165) is 24.6 Å². The van der Waals surface area contributed by atoms with E-state index in [9.17, 15) is 14.7 Å². The summed E-state index contributed by atoms with van der Waals surface area (Å²) in [5, 5.41) is 21.3. The van der Waals surface area contributed by atoms with E-state index in [1.165, 1.54) is 23.9 Å². The van der Waals surface area contributed by atoms with Crippen LogP contribution < -0.4 is 5.32 Å². The number of thioether (sulfide) groups is 1. The van der Waals surface area contributed by atoms with Gasteiger partial charge in [-0.1, -0.05) is 41.6 Å². The molecule has 1 saturated heterocycles. The van der Waals surface area contributed by atoms with Gasteiger partial charge in [0, 0.05) is 24.5 Å². The zero-order valence-corrected chi connectivity index (χ0v) is 19.2. The van der Waals surface area contributed by atoms with E-state index in [0.29, 0.717) is 30.6 Å². The molecule has 3 aromatic rings. The van der Waals surface area contributed by atoms with Crippen molar-refractivity contribution >= 4 is 40.9 Å². The number of aromatic nitrogens is 3. The summed E-state index contributed by atoms with van der Waals surface area (Å²) in [6.45, 7) is 3.66. The molecule has 0 atom stereocenters. The van der Waals surface area contributed by atoms with E-state index in [-0.39, 0.29) is 22.2 Å². The molecule has 0 radical (unpaired) electrons. The fourth-order valence-corrected chi connectivity index (χ4v) is 4.36. The lowest BCUT2D eigenvalue weighted by Crippen LogP contribution is -2.36. The van der Waals surface area contributed by atoms with E-state index in [4.69, 9.17) is 16.3 Å². The van der Waals surface area contributed by atoms with Gasteiger partial charge >= 0.3 is 5.97 Å². The van der Waals surface area contributed by atoms with Gasteiger partial charge in [0.1, 0.15) is 0 Å². The number of carboxylic acids is 1. The van der Waals surface area contributed by atoms with E-state index in [1.54, 1.807) is 6.07 Å². The van der Waals surface area contributed by atoms with Crippen LogP contribution in [0.15, 0.2) is 53.7 Å². The third-order valence-corrected chi connectivity index (χ3v) is 6.25. The summed E-state index contributed by atoms with van der Waals surface area (Å²) in [7, 11) is 0. The van der Waals surface area contributed by atoms with Crippen molar-refractivity contribution in [3.63, 3.8) is 0 Å². The van der Waals surface area contributed by atoms with Crippen LogP contribution in [0.1, 0.15) is 16.2 Å². The Balaban J connectivity index is 1.48. The van der Waals surface area contributed by atoms with Crippen LogP contribution in [0.2, 0.25) is 5.02 Å². The number of para-hydroxylation sites is 1. The number of morpholine rings is 1. The molecule has 1 aliphatic heterocycles. The number of halogens is 1. The second kappa shape index (κ2) is 10.8. The first-order valence-corrected chi connectivity index (χ1v) is 11.6. The molecule has 1 fully saturated rings. The van der Waals surface area contributed by atoms with Crippen molar-refractivity contribution in [2.24, 2.45) is 0 Å². The van der Waals surface area contributed by atoms with E-state index >= 15 is 0 Å². The number of amides is 1. The van der Waals surface area contributed by atoms with Gasteiger partial charge in [0.15, 0.2) is 11.0 Å². The Morgan fingerprint density at radius 2 is 1.88 bits per heavy atom. The molecule has 11 heteroatoms. The molecule has 33 heavy (non-hydrogen) atoms. The van der Waals surface area contributed by atoms with Crippen LogP contribution in [-0.2, 0) is 16.1 Å². The smallest absolute Gasteiger partial charge is 0.337 e. The lowest BCUT2D eigenvalue weighted by molar-refractivity contribution is -0.113. The minimum atomic E-state index is -1.16. The standard InChI is InChI=1S/C22H22ClN5O4S/c23-18-7-6-15(12-17(18)21(30)31)24-20(29)14-33-22-26-25-19(13-27-8-10-32-11-9-27)28(22)16-4-2-1-3-5-16/h1-7,12H,8-11,13-14H2,(H,24,29)(H,30,31). The maximum absolute atomic E-state index is 12.5. The molecule has 0 saturated carbocycles. The van der Waals surface area contributed by atoms with Gasteiger partial charge in [-0.3, -0.25) is 14.3 Å². The van der Waals surface area contributed by atoms with E-state index in [2.05, 4.69) is 20.4 Å². The molecule has 0 spiro atoms. The van der Waals surface area contributed by atoms with E-state index < -0.39 is 5.97 Å². The second-order valence-electron chi connectivity index (χ2n) is 7.29. The summed E-state index contributed by atoms with van der Waals surface area (Å²) >= 11 is 7.15. The molecule has 1 aromatic heterocycles. The molecule has 2 heterocycles. The molecule has 1 amide bonds. The van der Waals surface area contributed by atoms with Crippen molar-refractivity contribution in [3.05, 3.63) is 64.9 Å². The minimum Gasteiger partial charge on any atom is -0.478 e. The number of carbonyl (C=O) groups is 2. The topological polar surface area (TPSA) is 110 Å². The van der Waals surface area contributed by atoms with Crippen LogP contribution in [-0.4, -0.2) is 68.7 Å². The normalized spacial score (nSPS) is 14.2. The number of carboxylic acid groups (broad SMARTS) is 1. The summed E-state index contributed by atoms with van der Waals surface area (Å²) in [4.78, 5) is 26.0. The number of nitrogens with zero attached hydrogens (tertiary/aromatic N) is 4. The largest absolute Gasteiger partial charge is 0.478 e. The number of anilines is 1. The monoisotopic (exact) mass is 487 g/mol. The first kappa shape index (κ1) is 23.2. The van der Waals surface area contributed by atoms with E-state index in [1.807, 2.05) is 34.9 Å². The summed E-state index contributed by atoms with van der Waals surface area (Å²) in [5.41, 5.74) is 1.20. The Morgan fingerprint density at radius 3 is 2.61 bits per heavy atom. The SMILES string of the molecule is O=C(CSc1nnc(CN2CCOCC2)n1-c1ccccc1)Nc1ccc(Cl)c(C(=O)O)c1. The van der Waals surface area contributed by atoms with Crippen molar-refractivity contribution in [3.8, 4) is 5.69 Å². The third kappa shape index (κ3) is 5.91. The predicted molar refractivity (Wildman–Crippen MR) is 125 cm³/mol. The summed E-state index contributed by atoms with van der Waals surface area (Å²) in [6, 6.07) is 14.1. The van der Waals surface area contributed by atoms with Gasteiger partial charge in [0.2, 0.25) is 5.91 Å². The number of aromatic carboxylic acids is 1. The highest BCUT2D eigenvalue weighted by molar-refractivity contribution is 7.99. The highest BCUT2D eigenvalue weighted by Gasteiger charge is 2.20. The second-order valence-corrected chi connectivity index (χ2v) is 8.64.